The molecule has 0 saturated heterocycles. The van der Waals surface area contributed by atoms with Crippen molar-refractivity contribution >= 4 is 11.6 Å². The normalized spacial score (nSPS) is 58.3. The van der Waals surface area contributed by atoms with E-state index >= 15 is 0 Å². The summed E-state index contributed by atoms with van der Waals surface area (Å²) in [6.07, 6.45) is 8.90. The second kappa shape index (κ2) is 2.52. The molecule has 3 aliphatic carbocycles. The molecule has 2 saturated carbocycles. The van der Waals surface area contributed by atoms with E-state index in [4.69, 9.17) is 11.6 Å². The van der Waals surface area contributed by atoms with E-state index in [0.29, 0.717) is 11.3 Å². The third-order valence-electron chi connectivity index (χ3n) is 4.42. The maximum absolute atomic E-state index is 9.89. The van der Waals surface area contributed by atoms with Crippen molar-refractivity contribution in [3.63, 3.8) is 0 Å². The largest absolute Gasteiger partial charge is 0.393 e. The highest BCUT2D eigenvalue weighted by atomic mass is 35.5. The van der Waals surface area contributed by atoms with Gasteiger partial charge in [-0.25, -0.2) is 0 Å². The van der Waals surface area contributed by atoms with Gasteiger partial charge in [0.2, 0.25) is 0 Å². The van der Waals surface area contributed by atoms with Gasteiger partial charge in [-0.3, -0.25) is 0 Å². The Labute approximate surface area is 83.8 Å². The fraction of sp³-hybridized carbons (Fsp3) is 0.818. The van der Waals surface area contributed by atoms with Crippen LogP contribution in [0.5, 0.6) is 0 Å². The van der Waals surface area contributed by atoms with Crippen molar-refractivity contribution in [1.82, 2.24) is 0 Å². The van der Waals surface area contributed by atoms with Gasteiger partial charge in [0.25, 0.3) is 0 Å². The molecular formula is C11H15ClO. The number of alkyl halides is 1. The Morgan fingerprint density at radius 3 is 3.15 bits per heavy atom. The van der Waals surface area contributed by atoms with Gasteiger partial charge in [-0.05, 0) is 37.0 Å². The molecule has 0 heterocycles. The van der Waals surface area contributed by atoms with Gasteiger partial charge in [-0.2, -0.15) is 0 Å². The molecular weight excluding hydrogens is 184 g/mol. The molecule has 0 aromatic rings. The minimum atomic E-state index is -0.143. The molecule has 1 N–H and O–H groups in total. The number of aliphatic hydroxyl groups is 1. The Hall–Kier alpha value is -0.0100. The van der Waals surface area contributed by atoms with Gasteiger partial charge in [0, 0.05) is 11.3 Å². The van der Waals surface area contributed by atoms with Gasteiger partial charge in [0.15, 0.2) is 0 Å². The van der Waals surface area contributed by atoms with Crippen molar-refractivity contribution in [2.24, 2.45) is 17.3 Å². The summed E-state index contributed by atoms with van der Waals surface area (Å²) in [7, 11) is 0. The predicted octanol–water partition coefficient (Wildman–Crippen LogP) is 2.33. The Morgan fingerprint density at radius 2 is 2.31 bits per heavy atom. The van der Waals surface area contributed by atoms with E-state index in [0.717, 1.165) is 25.2 Å². The van der Waals surface area contributed by atoms with Crippen molar-refractivity contribution in [2.45, 2.75) is 37.2 Å². The SMILES string of the molecule is O[C@@H]1CC[C@@]23C=CC[C@@H]2C[C@@H](Cl)[C@@H]13. The van der Waals surface area contributed by atoms with Crippen LogP contribution in [0.25, 0.3) is 0 Å². The van der Waals surface area contributed by atoms with Crippen molar-refractivity contribution in [3.8, 4) is 0 Å². The lowest BCUT2D eigenvalue weighted by Gasteiger charge is -2.29. The predicted molar refractivity (Wildman–Crippen MR) is 52.7 cm³/mol. The highest BCUT2D eigenvalue weighted by Crippen LogP contribution is 2.63. The summed E-state index contributed by atoms with van der Waals surface area (Å²) in [4.78, 5) is 0. The molecule has 1 spiro atoms. The maximum atomic E-state index is 9.89. The summed E-state index contributed by atoms with van der Waals surface area (Å²) in [6.45, 7) is 0. The molecule has 0 amide bonds. The Balaban J connectivity index is 2.03. The molecule has 13 heavy (non-hydrogen) atoms. The zero-order valence-corrected chi connectivity index (χ0v) is 8.37. The molecule has 0 aromatic carbocycles. The average molecular weight is 199 g/mol. The fourth-order valence-corrected chi connectivity index (χ4v) is 4.51. The van der Waals surface area contributed by atoms with Gasteiger partial charge < -0.3 is 5.11 Å². The molecule has 0 aromatic heterocycles. The maximum Gasteiger partial charge on any atom is 0.0591 e. The van der Waals surface area contributed by atoms with E-state index in [2.05, 4.69) is 12.2 Å². The Bertz CT molecular complexity index is 263. The lowest BCUT2D eigenvalue weighted by Crippen LogP contribution is -2.29. The van der Waals surface area contributed by atoms with Crippen LogP contribution in [0.2, 0.25) is 0 Å². The van der Waals surface area contributed by atoms with Crippen LogP contribution in [0.15, 0.2) is 12.2 Å². The summed E-state index contributed by atoms with van der Waals surface area (Å²) in [5.74, 6) is 1.08. The van der Waals surface area contributed by atoms with Crippen LogP contribution in [0.4, 0.5) is 0 Å². The minimum absolute atomic E-state index is 0.143. The van der Waals surface area contributed by atoms with Crippen LogP contribution >= 0.6 is 11.6 Å². The number of allylic oxidation sites excluding steroid dienone is 2. The second-order valence-electron chi connectivity index (χ2n) is 4.83. The van der Waals surface area contributed by atoms with Gasteiger partial charge >= 0.3 is 0 Å². The van der Waals surface area contributed by atoms with E-state index in [-0.39, 0.29) is 11.5 Å². The molecule has 72 valence electrons. The zero-order chi connectivity index (χ0) is 9.05. The number of hydrogen-bond donors (Lipinski definition) is 1. The van der Waals surface area contributed by atoms with Crippen LogP contribution in [-0.4, -0.2) is 16.6 Å². The number of hydrogen-bond acceptors (Lipinski definition) is 1. The highest BCUT2D eigenvalue weighted by Gasteiger charge is 2.59. The molecule has 2 heteroatoms. The van der Waals surface area contributed by atoms with Gasteiger partial charge in [-0.1, -0.05) is 12.2 Å². The Kier molecular flexibility index (Phi) is 1.61. The van der Waals surface area contributed by atoms with Crippen LogP contribution in [0.1, 0.15) is 25.7 Å². The van der Waals surface area contributed by atoms with E-state index in [1.165, 1.54) is 6.42 Å². The first-order valence-corrected chi connectivity index (χ1v) is 5.67. The molecule has 5 atom stereocenters. The van der Waals surface area contributed by atoms with Crippen LogP contribution in [0, 0.1) is 17.3 Å². The van der Waals surface area contributed by atoms with E-state index < -0.39 is 0 Å². The van der Waals surface area contributed by atoms with Gasteiger partial charge in [0.1, 0.15) is 0 Å². The molecule has 0 aliphatic heterocycles. The van der Waals surface area contributed by atoms with E-state index in [9.17, 15) is 5.11 Å². The fourth-order valence-electron chi connectivity index (χ4n) is 3.89. The third kappa shape index (κ3) is 0.875. The van der Waals surface area contributed by atoms with Gasteiger partial charge in [-0.15, -0.1) is 11.6 Å². The van der Waals surface area contributed by atoms with Crippen molar-refractivity contribution in [1.29, 1.82) is 0 Å². The topological polar surface area (TPSA) is 20.2 Å². The standard InChI is InChI=1S/C11H15ClO/c12-8-6-7-2-1-4-11(7)5-3-9(13)10(8)11/h1,4,7-10,13H,2-3,5-6H2/t7-,8-,9-,10+,11+/m1/s1. The Morgan fingerprint density at radius 1 is 1.46 bits per heavy atom. The monoisotopic (exact) mass is 198 g/mol. The summed E-state index contributed by atoms with van der Waals surface area (Å²) < 4.78 is 0. The van der Waals surface area contributed by atoms with E-state index in [1.807, 2.05) is 0 Å². The molecule has 0 radical (unpaired) electrons. The highest BCUT2D eigenvalue weighted by molar-refractivity contribution is 6.21. The third-order valence-corrected chi connectivity index (χ3v) is 4.87. The van der Waals surface area contributed by atoms with Gasteiger partial charge in [0.05, 0.1) is 6.10 Å². The molecule has 0 bridgehead atoms. The van der Waals surface area contributed by atoms with Crippen LogP contribution in [0.3, 0.4) is 0 Å². The van der Waals surface area contributed by atoms with Crippen molar-refractivity contribution in [3.05, 3.63) is 12.2 Å². The second-order valence-corrected chi connectivity index (χ2v) is 5.39. The molecule has 2 fully saturated rings. The van der Waals surface area contributed by atoms with Crippen molar-refractivity contribution < 1.29 is 5.11 Å². The summed E-state index contributed by atoms with van der Waals surface area (Å²) in [5.41, 5.74) is 0.297. The molecule has 3 rings (SSSR count). The first kappa shape index (κ1) is 8.31. The summed E-state index contributed by atoms with van der Waals surface area (Å²) in [5, 5.41) is 10.1. The molecule has 1 nitrogen and oxygen atoms in total. The lowest BCUT2D eigenvalue weighted by molar-refractivity contribution is 0.108. The number of rotatable bonds is 0. The average Bonchev–Trinajstić information content (AvgIpc) is 2.65. The first-order valence-electron chi connectivity index (χ1n) is 5.24. The molecule has 0 unspecified atom stereocenters. The molecule has 3 aliphatic rings. The summed E-state index contributed by atoms with van der Waals surface area (Å²) >= 11 is 6.31. The van der Waals surface area contributed by atoms with Crippen molar-refractivity contribution in [2.75, 3.05) is 0 Å². The quantitative estimate of drug-likeness (QED) is 0.468. The van der Waals surface area contributed by atoms with Crippen LogP contribution < -0.4 is 0 Å². The minimum Gasteiger partial charge on any atom is -0.393 e. The van der Waals surface area contributed by atoms with Crippen LogP contribution in [-0.2, 0) is 0 Å². The summed E-state index contributed by atoms with van der Waals surface area (Å²) in [6, 6.07) is 0. The zero-order valence-electron chi connectivity index (χ0n) is 7.62. The number of aliphatic hydroxyl groups excluding tert-OH is 1. The lowest BCUT2D eigenvalue weighted by atomic mass is 9.76. The van der Waals surface area contributed by atoms with E-state index in [1.54, 1.807) is 0 Å². The first-order chi connectivity index (χ1) is 6.24. The smallest absolute Gasteiger partial charge is 0.0591 e. The number of halogens is 1.